The molecule has 0 atom stereocenters. The van der Waals surface area contributed by atoms with Gasteiger partial charge in [-0.05, 0) is 63.6 Å². The van der Waals surface area contributed by atoms with Crippen molar-refractivity contribution >= 4 is 11.4 Å². The Kier molecular flexibility index (Phi) is 10.3. The van der Waals surface area contributed by atoms with Gasteiger partial charge in [-0.2, -0.15) is 0 Å². The topological polar surface area (TPSA) is 6.48 Å². The minimum absolute atomic E-state index is 0.316. The molecule has 0 unspecified atom stereocenters. The summed E-state index contributed by atoms with van der Waals surface area (Å²) in [5, 5.41) is 0. The van der Waals surface area contributed by atoms with E-state index in [9.17, 15) is 0 Å². The van der Waals surface area contributed by atoms with Crippen molar-refractivity contribution < 1.29 is 0 Å². The lowest BCUT2D eigenvalue weighted by atomic mass is 9.82. The van der Waals surface area contributed by atoms with Gasteiger partial charge in [0, 0.05) is 43.5 Å². The molecule has 0 saturated heterocycles. The van der Waals surface area contributed by atoms with E-state index >= 15 is 0 Å². The van der Waals surface area contributed by atoms with E-state index in [0.717, 1.165) is 26.2 Å². The second kappa shape index (κ2) is 15.3. The Balaban J connectivity index is 1.24. The van der Waals surface area contributed by atoms with E-state index in [0.29, 0.717) is 11.8 Å². The molecule has 6 aromatic rings. The van der Waals surface area contributed by atoms with Crippen molar-refractivity contribution in [1.29, 1.82) is 0 Å². The summed E-state index contributed by atoms with van der Waals surface area (Å²) in [7, 11) is 0. The van der Waals surface area contributed by atoms with Crippen molar-refractivity contribution in [3.8, 4) is 0 Å². The zero-order valence-corrected chi connectivity index (χ0v) is 27.0. The number of nitrogens with zero attached hydrogens (tertiary/aromatic N) is 2. The van der Waals surface area contributed by atoms with E-state index in [1.165, 1.54) is 44.8 Å². The molecule has 0 saturated carbocycles. The highest BCUT2D eigenvalue weighted by Gasteiger charge is 2.20. The molecule has 46 heavy (non-hydrogen) atoms. The summed E-state index contributed by atoms with van der Waals surface area (Å²) >= 11 is 0. The Morgan fingerprint density at radius 2 is 0.609 bits per heavy atom. The van der Waals surface area contributed by atoms with Crippen LogP contribution in [0.1, 0.15) is 53.1 Å². The third-order valence-electron chi connectivity index (χ3n) is 8.77. The fraction of sp³-hybridized carbons (Fsp3) is 0.182. The molecular formula is C44H44N2. The van der Waals surface area contributed by atoms with Crippen molar-refractivity contribution in [2.45, 2.75) is 45.9 Å². The average molecular weight is 601 g/mol. The standard InChI is InChI=1S/C44H44N2/c1-35(2)44(40-23-27-42(28-24-40)45(31-36-15-7-3-8-16-36)32-37-17-9-4-10-18-37)41-25-29-43(30-26-41)46(33-38-19-11-5-12-20-38)34-39-21-13-6-14-22-39/h3-30,35,44H,31-34H2,1-2H3. The number of benzene rings is 6. The third-order valence-corrected chi connectivity index (χ3v) is 8.77. The molecule has 230 valence electrons. The van der Waals surface area contributed by atoms with Gasteiger partial charge in [-0.1, -0.05) is 159 Å². The Morgan fingerprint density at radius 1 is 0.348 bits per heavy atom. The maximum atomic E-state index is 2.47. The highest BCUT2D eigenvalue weighted by Crippen LogP contribution is 2.35. The zero-order valence-electron chi connectivity index (χ0n) is 27.0. The number of rotatable bonds is 13. The maximum absolute atomic E-state index is 2.47. The molecule has 6 aromatic carbocycles. The molecule has 0 aromatic heterocycles. The van der Waals surface area contributed by atoms with Crippen LogP contribution in [-0.2, 0) is 26.2 Å². The van der Waals surface area contributed by atoms with E-state index in [-0.39, 0.29) is 0 Å². The molecule has 0 aliphatic carbocycles. The van der Waals surface area contributed by atoms with Crippen LogP contribution in [0, 0.1) is 5.92 Å². The third kappa shape index (κ3) is 8.14. The van der Waals surface area contributed by atoms with Gasteiger partial charge in [-0.3, -0.25) is 0 Å². The second-order valence-corrected chi connectivity index (χ2v) is 12.6. The number of hydrogen-bond donors (Lipinski definition) is 0. The summed E-state index contributed by atoms with van der Waals surface area (Å²) in [6.07, 6.45) is 0. The molecule has 0 fully saturated rings. The van der Waals surface area contributed by atoms with Gasteiger partial charge in [0.15, 0.2) is 0 Å². The van der Waals surface area contributed by atoms with Gasteiger partial charge in [0.25, 0.3) is 0 Å². The van der Waals surface area contributed by atoms with Crippen molar-refractivity contribution in [2.75, 3.05) is 9.80 Å². The summed E-state index contributed by atoms with van der Waals surface area (Å²) in [4.78, 5) is 4.95. The first-order valence-corrected chi connectivity index (χ1v) is 16.5. The highest BCUT2D eigenvalue weighted by atomic mass is 15.1. The van der Waals surface area contributed by atoms with Crippen LogP contribution in [0.2, 0.25) is 0 Å². The first kappa shape index (κ1) is 30.9. The Labute approximate surface area is 275 Å². The normalized spacial score (nSPS) is 11.1. The molecule has 2 nitrogen and oxygen atoms in total. The molecule has 0 heterocycles. The first-order chi connectivity index (χ1) is 22.6. The summed E-state index contributed by atoms with van der Waals surface area (Å²) in [6.45, 7) is 8.14. The van der Waals surface area contributed by atoms with Crippen LogP contribution >= 0.6 is 0 Å². The molecule has 0 N–H and O–H groups in total. The lowest BCUT2D eigenvalue weighted by Crippen LogP contribution is -2.22. The largest absolute Gasteiger partial charge is 0.363 e. The van der Waals surface area contributed by atoms with Gasteiger partial charge in [0.05, 0.1) is 0 Å². The average Bonchev–Trinajstić information content (AvgIpc) is 3.10. The van der Waals surface area contributed by atoms with E-state index in [1.54, 1.807) is 0 Å². The molecule has 0 bridgehead atoms. The molecule has 0 aliphatic heterocycles. The van der Waals surface area contributed by atoms with Gasteiger partial charge in [0.1, 0.15) is 0 Å². The van der Waals surface area contributed by atoms with Crippen LogP contribution < -0.4 is 9.80 Å². The van der Waals surface area contributed by atoms with Crippen LogP contribution in [-0.4, -0.2) is 0 Å². The Hall–Kier alpha value is -5.08. The smallest absolute Gasteiger partial charge is 0.0433 e. The van der Waals surface area contributed by atoms with E-state index in [2.05, 4.69) is 194 Å². The Morgan fingerprint density at radius 3 is 0.848 bits per heavy atom. The summed E-state index contributed by atoms with van der Waals surface area (Å²) < 4.78 is 0. The first-order valence-electron chi connectivity index (χ1n) is 16.5. The molecule has 0 aliphatic rings. The van der Waals surface area contributed by atoms with Gasteiger partial charge in [0.2, 0.25) is 0 Å². The summed E-state index contributed by atoms with van der Waals surface area (Å²) in [5.41, 5.74) is 10.5. The van der Waals surface area contributed by atoms with Gasteiger partial charge in [-0.25, -0.2) is 0 Å². The van der Waals surface area contributed by atoms with Crippen molar-refractivity contribution in [3.63, 3.8) is 0 Å². The Bertz CT molecular complexity index is 1520. The maximum Gasteiger partial charge on any atom is 0.0433 e. The van der Waals surface area contributed by atoms with Crippen molar-refractivity contribution in [1.82, 2.24) is 0 Å². The van der Waals surface area contributed by atoms with Crippen molar-refractivity contribution in [2.24, 2.45) is 5.92 Å². The quantitative estimate of drug-likeness (QED) is 0.130. The number of anilines is 2. The molecule has 2 heteroatoms. The van der Waals surface area contributed by atoms with Gasteiger partial charge >= 0.3 is 0 Å². The fourth-order valence-corrected chi connectivity index (χ4v) is 6.44. The molecule has 0 amide bonds. The van der Waals surface area contributed by atoms with Gasteiger partial charge in [-0.15, -0.1) is 0 Å². The van der Waals surface area contributed by atoms with Crippen LogP contribution in [0.4, 0.5) is 11.4 Å². The predicted molar refractivity (Wildman–Crippen MR) is 195 cm³/mol. The van der Waals surface area contributed by atoms with Crippen LogP contribution in [0.15, 0.2) is 170 Å². The second-order valence-electron chi connectivity index (χ2n) is 12.6. The molecule has 6 rings (SSSR count). The molecular weight excluding hydrogens is 556 g/mol. The predicted octanol–water partition coefficient (Wildman–Crippen LogP) is 10.9. The lowest BCUT2D eigenvalue weighted by Gasteiger charge is -2.28. The molecule has 0 spiro atoms. The minimum Gasteiger partial charge on any atom is -0.363 e. The monoisotopic (exact) mass is 600 g/mol. The molecule has 0 radical (unpaired) electrons. The van der Waals surface area contributed by atoms with Crippen LogP contribution in [0.3, 0.4) is 0 Å². The lowest BCUT2D eigenvalue weighted by molar-refractivity contribution is 0.563. The number of hydrogen-bond acceptors (Lipinski definition) is 2. The van der Waals surface area contributed by atoms with Crippen LogP contribution in [0.25, 0.3) is 0 Å². The highest BCUT2D eigenvalue weighted by molar-refractivity contribution is 5.53. The van der Waals surface area contributed by atoms with E-state index in [4.69, 9.17) is 0 Å². The summed E-state index contributed by atoms with van der Waals surface area (Å²) in [6, 6.07) is 61.7. The zero-order chi connectivity index (χ0) is 31.6. The van der Waals surface area contributed by atoms with Crippen LogP contribution in [0.5, 0.6) is 0 Å². The fourth-order valence-electron chi connectivity index (χ4n) is 6.44. The van der Waals surface area contributed by atoms with E-state index in [1.807, 2.05) is 0 Å². The SMILES string of the molecule is CC(C)C(c1ccc(N(Cc2ccccc2)Cc2ccccc2)cc1)c1ccc(N(Cc2ccccc2)Cc2ccccc2)cc1. The summed E-state index contributed by atoms with van der Waals surface area (Å²) in [5.74, 6) is 0.780. The van der Waals surface area contributed by atoms with Gasteiger partial charge < -0.3 is 9.80 Å². The van der Waals surface area contributed by atoms with E-state index < -0.39 is 0 Å². The van der Waals surface area contributed by atoms with Crippen molar-refractivity contribution in [3.05, 3.63) is 203 Å². The minimum atomic E-state index is 0.316.